The Labute approximate surface area is 78.2 Å². The molecule has 0 radical (unpaired) electrons. The first-order valence-corrected chi connectivity index (χ1v) is 3.61. The second-order valence-corrected chi connectivity index (χ2v) is 2.46. The zero-order chi connectivity index (χ0) is 10.8. The Morgan fingerprint density at radius 3 is 2.36 bits per heavy atom. The fourth-order valence-corrected chi connectivity index (χ4v) is 0.893. The molecule has 1 rings (SSSR count). The molecule has 0 heterocycles. The van der Waals surface area contributed by atoms with E-state index in [4.69, 9.17) is 5.73 Å². The van der Waals surface area contributed by atoms with Crippen molar-refractivity contribution in [3.8, 4) is 11.5 Å². The summed E-state index contributed by atoms with van der Waals surface area (Å²) in [5.74, 6) is -0.462. The molecule has 0 saturated carbocycles. The molecule has 0 bridgehead atoms. The molecule has 6 heteroatoms. The predicted molar refractivity (Wildman–Crippen MR) is 44.1 cm³/mol. The van der Waals surface area contributed by atoms with Crippen molar-refractivity contribution in [2.75, 3.05) is 12.8 Å². The molecule has 0 aliphatic carbocycles. The Hall–Kier alpha value is -1.59. The van der Waals surface area contributed by atoms with Crippen LogP contribution >= 0.6 is 0 Å². The third kappa shape index (κ3) is 2.72. The topological polar surface area (TPSA) is 44.5 Å². The molecule has 0 aliphatic rings. The minimum atomic E-state index is -4.73. The highest BCUT2D eigenvalue weighted by molar-refractivity contribution is 5.51. The first kappa shape index (κ1) is 10.5. The van der Waals surface area contributed by atoms with Gasteiger partial charge in [-0.2, -0.15) is 0 Å². The van der Waals surface area contributed by atoms with Crippen LogP contribution in [0.5, 0.6) is 11.5 Å². The molecule has 0 amide bonds. The van der Waals surface area contributed by atoms with Gasteiger partial charge in [-0.3, -0.25) is 0 Å². The lowest BCUT2D eigenvalue weighted by Crippen LogP contribution is -2.17. The summed E-state index contributed by atoms with van der Waals surface area (Å²) in [6.07, 6.45) is -4.73. The summed E-state index contributed by atoms with van der Waals surface area (Å²) in [6, 6.07) is 3.65. The molecule has 0 saturated heterocycles. The van der Waals surface area contributed by atoms with E-state index in [2.05, 4.69) is 9.47 Å². The molecule has 0 aromatic heterocycles. The van der Waals surface area contributed by atoms with Crippen molar-refractivity contribution < 1.29 is 22.6 Å². The van der Waals surface area contributed by atoms with Crippen LogP contribution in [0.3, 0.4) is 0 Å². The van der Waals surface area contributed by atoms with Crippen LogP contribution in [0, 0.1) is 0 Å². The minimum absolute atomic E-state index is 0.0534. The number of hydrogen-bond donors (Lipinski definition) is 1. The van der Waals surface area contributed by atoms with Crippen LogP contribution in [-0.4, -0.2) is 13.5 Å². The summed E-state index contributed by atoms with van der Waals surface area (Å²) < 4.78 is 43.9. The molecule has 0 aliphatic heterocycles. The van der Waals surface area contributed by atoms with Crippen LogP contribution in [0.2, 0.25) is 0 Å². The van der Waals surface area contributed by atoms with Crippen LogP contribution in [0.15, 0.2) is 18.2 Å². The second kappa shape index (κ2) is 3.65. The van der Waals surface area contributed by atoms with Gasteiger partial charge in [-0.1, -0.05) is 0 Å². The largest absolute Gasteiger partial charge is 0.573 e. The zero-order valence-electron chi connectivity index (χ0n) is 7.26. The Kier molecular flexibility index (Phi) is 2.73. The maximum Gasteiger partial charge on any atom is 0.573 e. The van der Waals surface area contributed by atoms with E-state index >= 15 is 0 Å². The van der Waals surface area contributed by atoms with E-state index in [0.29, 0.717) is 5.69 Å². The molecule has 1 aromatic rings. The summed E-state index contributed by atoms with van der Waals surface area (Å²) in [5, 5.41) is 0. The average molecular weight is 207 g/mol. The maximum absolute atomic E-state index is 11.8. The van der Waals surface area contributed by atoms with E-state index in [1.54, 1.807) is 0 Å². The van der Waals surface area contributed by atoms with Gasteiger partial charge in [0.15, 0.2) is 11.5 Å². The fourth-order valence-electron chi connectivity index (χ4n) is 0.893. The minimum Gasteiger partial charge on any atom is -0.493 e. The van der Waals surface area contributed by atoms with Gasteiger partial charge in [-0.05, 0) is 12.1 Å². The lowest BCUT2D eigenvalue weighted by molar-refractivity contribution is -0.275. The number of benzene rings is 1. The van der Waals surface area contributed by atoms with Crippen molar-refractivity contribution in [3.05, 3.63) is 18.2 Å². The summed E-state index contributed by atoms with van der Waals surface area (Å²) in [7, 11) is 1.23. The average Bonchev–Trinajstić information content (AvgIpc) is 2.06. The normalized spacial score (nSPS) is 11.1. The highest BCUT2D eigenvalue weighted by Crippen LogP contribution is 2.33. The number of hydrogen-bond acceptors (Lipinski definition) is 3. The SMILES string of the molecule is COc1cc(N)ccc1OC(F)(F)F. The summed E-state index contributed by atoms with van der Waals surface area (Å²) in [6.45, 7) is 0. The lowest BCUT2D eigenvalue weighted by atomic mass is 10.3. The predicted octanol–water partition coefficient (Wildman–Crippen LogP) is 2.18. The van der Waals surface area contributed by atoms with Crippen LogP contribution in [0.25, 0.3) is 0 Å². The number of rotatable bonds is 2. The molecule has 0 unspecified atom stereocenters. The fraction of sp³-hybridized carbons (Fsp3) is 0.250. The molecule has 1 aromatic carbocycles. The Morgan fingerprint density at radius 1 is 1.21 bits per heavy atom. The molecule has 14 heavy (non-hydrogen) atoms. The standard InChI is InChI=1S/C8H8F3NO2/c1-13-7-4-5(12)2-3-6(7)14-8(9,10)11/h2-4H,12H2,1H3. The van der Waals surface area contributed by atoms with Gasteiger partial charge in [0.25, 0.3) is 0 Å². The first-order chi connectivity index (χ1) is 6.42. The highest BCUT2D eigenvalue weighted by Gasteiger charge is 2.32. The molecular weight excluding hydrogens is 199 g/mol. The number of methoxy groups -OCH3 is 1. The number of nitrogen functional groups attached to an aromatic ring is 1. The number of halogens is 3. The number of anilines is 1. The molecule has 0 atom stereocenters. The molecule has 0 fully saturated rings. The molecule has 0 spiro atoms. The van der Waals surface area contributed by atoms with Crippen LogP contribution < -0.4 is 15.2 Å². The van der Waals surface area contributed by atoms with E-state index < -0.39 is 12.1 Å². The van der Waals surface area contributed by atoms with Gasteiger partial charge in [0.1, 0.15) is 0 Å². The van der Waals surface area contributed by atoms with Gasteiger partial charge in [0, 0.05) is 11.8 Å². The van der Waals surface area contributed by atoms with Crippen molar-refractivity contribution >= 4 is 5.69 Å². The third-order valence-electron chi connectivity index (χ3n) is 1.41. The van der Waals surface area contributed by atoms with E-state index in [1.165, 1.54) is 19.2 Å². The summed E-state index contributed by atoms with van der Waals surface area (Å²) in [4.78, 5) is 0. The third-order valence-corrected chi connectivity index (χ3v) is 1.41. The zero-order valence-corrected chi connectivity index (χ0v) is 7.26. The lowest BCUT2D eigenvalue weighted by Gasteiger charge is -2.12. The van der Waals surface area contributed by atoms with E-state index in [1.807, 2.05) is 0 Å². The van der Waals surface area contributed by atoms with Crippen molar-refractivity contribution in [3.63, 3.8) is 0 Å². The van der Waals surface area contributed by atoms with Gasteiger partial charge in [0.2, 0.25) is 0 Å². The van der Waals surface area contributed by atoms with E-state index in [0.717, 1.165) is 6.07 Å². The van der Waals surface area contributed by atoms with Crippen LogP contribution in [0.1, 0.15) is 0 Å². The van der Waals surface area contributed by atoms with Gasteiger partial charge in [0.05, 0.1) is 7.11 Å². The van der Waals surface area contributed by atoms with Crippen molar-refractivity contribution in [1.82, 2.24) is 0 Å². The van der Waals surface area contributed by atoms with Gasteiger partial charge < -0.3 is 15.2 Å². The van der Waals surface area contributed by atoms with Crippen LogP contribution in [0.4, 0.5) is 18.9 Å². The Morgan fingerprint density at radius 2 is 1.86 bits per heavy atom. The quantitative estimate of drug-likeness (QED) is 0.756. The summed E-state index contributed by atoms with van der Waals surface area (Å²) in [5.41, 5.74) is 5.65. The number of alkyl halides is 3. The van der Waals surface area contributed by atoms with Gasteiger partial charge in [-0.15, -0.1) is 13.2 Å². The maximum atomic E-state index is 11.8. The Balaban J connectivity index is 2.97. The molecule has 3 nitrogen and oxygen atoms in total. The van der Waals surface area contributed by atoms with Crippen LogP contribution in [-0.2, 0) is 0 Å². The second-order valence-electron chi connectivity index (χ2n) is 2.46. The molecule has 2 N–H and O–H groups in total. The van der Waals surface area contributed by atoms with Crippen molar-refractivity contribution in [2.24, 2.45) is 0 Å². The number of nitrogens with two attached hydrogens (primary N) is 1. The summed E-state index contributed by atoms with van der Waals surface area (Å²) >= 11 is 0. The molecule has 78 valence electrons. The van der Waals surface area contributed by atoms with E-state index in [9.17, 15) is 13.2 Å². The smallest absolute Gasteiger partial charge is 0.493 e. The number of ether oxygens (including phenoxy) is 2. The molecular formula is C8H8F3NO2. The van der Waals surface area contributed by atoms with Gasteiger partial charge in [-0.25, -0.2) is 0 Å². The van der Waals surface area contributed by atoms with Crippen molar-refractivity contribution in [2.45, 2.75) is 6.36 Å². The monoisotopic (exact) mass is 207 g/mol. The Bertz CT molecular complexity index is 325. The van der Waals surface area contributed by atoms with E-state index in [-0.39, 0.29) is 5.75 Å². The highest BCUT2D eigenvalue weighted by atomic mass is 19.4. The van der Waals surface area contributed by atoms with Crippen molar-refractivity contribution in [1.29, 1.82) is 0 Å². The first-order valence-electron chi connectivity index (χ1n) is 3.61. The van der Waals surface area contributed by atoms with Gasteiger partial charge >= 0.3 is 6.36 Å².